The summed E-state index contributed by atoms with van der Waals surface area (Å²) in [6, 6.07) is 7.23. The highest BCUT2D eigenvalue weighted by Crippen LogP contribution is 2.06. The van der Waals surface area contributed by atoms with E-state index in [2.05, 4.69) is 4.99 Å². The molecule has 0 aliphatic rings. The highest BCUT2D eigenvalue weighted by molar-refractivity contribution is 5.98. The minimum absolute atomic E-state index is 0.238. The molecule has 1 aromatic rings. The fourth-order valence-corrected chi connectivity index (χ4v) is 1.15. The van der Waals surface area contributed by atoms with Crippen molar-refractivity contribution < 1.29 is 9.53 Å². The van der Waals surface area contributed by atoms with Crippen molar-refractivity contribution in [1.82, 2.24) is 4.90 Å². The van der Waals surface area contributed by atoms with Crippen molar-refractivity contribution in [2.45, 2.75) is 6.61 Å². The normalized spacial score (nSPS) is 10.7. The Bertz CT molecular complexity index is 369. The van der Waals surface area contributed by atoms with Crippen LogP contribution in [0.4, 0.5) is 0 Å². The summed E-state index contributed by atoms with van der Waals surface area (Å²) < 4.78 is 4.99. The number of hydrogen-bond donors (Lipinski definition) is 0. The average molecular weight is 220 g/mol. The number of amides is 1. The number of carbonyl (C=O) groups is 1. The number of hydrogen-bond acceptors (Lipinski definition) is 2. The van der Waals surface area contributed by atoms with Crippen LogP contribution in [0, 0.1) is 0 Å². The lowest BCUT2D eigenvalue weighted by molar-refractivity contribution is 0.100. The number of rotatable bonds is 4. The highest BCUT2D eigenvalue weighted by atomic mass is 16.5. The van der Waals surface area contributed by atoms with Crippen LogP contribution in [-0.4, -0.2) is 38.4 Å². The second kappa shape index (κ2) is 6.02. The molecule has 0 unspecified atom stereocenters. The summed E-state index contributed by atoms with van der Waals surface area (Å²) in [4.78, 5) is 17.1. The Morgan fingerprint density at radius 2 is 2.00 bits per heavy atom. The maximum Gasteiger partial charge on any atom is 0.278 e. The number of nitrogens with zero attached hydrogens (tertiary/aromatic N) is 2. The van der Waals surface area contributed by atoms with Crippen LogP contribution in [0.5, 0.6) is 0 Å². The van der Waals surface area contributed by atoms with Crippen LogP contribution in [0.1, 0.15) is 15.9 Å². The molecule has 0 saturated heterocycles. The molecular formula is C12H16N2O2. The average Bonchev–Trinajstić information content (AvgIpc) is 2.27. The molecule has 0 N–H and O–H groups in total. The van der Waals surface area contributed by atoms with Gasteiger partial charge in [-0.1, -0.05) is 12.1 Å². The number of carbonyl (C=O) groups excluding carboxylic acids is 1. The first-order valence-corrected chi connectivity index (χ1v) is 4.96. The predicted molar refractivity (Wildman–Crippen MR) is 63.7 cm³/mol. The molecule has 1 aromatic carbocycles. The minimum atomic E-state index is -0.238. The summed E-state index contributed by atoms with van der Waals surface area (Å²) in [5.41, 5.74) is 1.62. The van der Waals surface area contributed by atoms with Gasteiger partial charge in [-0.05, 0) is 17.7 Å². The van der Waals surface area contributed by atoms with Crippen molar-refractivity contribution in [3.63, 3.8) is 0 Å². The van der Waals surface area contributed by atoms with E-state index in [1.165, 1.54) is 6.34 Å². The van der Waals surface area contributed by atoms with Crippen molar-refractivity contribution in [2.24, 2.45) is 4.99 Å². The zero-order valence-corrected chi connectivity index (χ0v) is 9.80. The molecule has 0 atom stereocenters. The van der Waals surface area contributed by atoms with Gasteiger partial charge < -0.3 is 9.64 Å². The van der Waals surface area contributed by atoms with Crippen LogP contribution in [0.25, 0.3) is 0 Å². The van der Waals surface area contributed by atoms with E-state index in [0.717, 1.165) is 5.56 Å². The van der Waals surface area contributed by atoms with E-state index in [9.17, 15) is 4.79 Å². The van der Waals surface area contributed by atoms with Gasteiger partial charge in [0.05, 0.1) is 12.9 Å². The third kappa shape index (κ3) is 3.82. The van der Waals surface area contributed by atoms with Crippen LogP contribution >= 0.6 is 0 Å². The van der Waals surface area contributed by atoms with E-state index in [4.69, 9.17) is 4.74 Å². The molecule has 0 aromatic heterocycles. The summed E-state index contributed by atoms with van der Waals surface area (Å²) >= 11 is 0. The number of aliphatic imine (C=N–C) groups is 1. The molecule has 0 fully saturated rings. The Balaban J connectivity index is 2.70. The van der Waals surface area contributed by atoms with Crippen LogP contribution in [0.15, 0.2) is 29.3 Å². The molecule has 0 radical (unpaired) electrons. The van der Waals surface area contributed by atoms with Gasteiger partial charge in [-0.2, -0.15) is 4.99 Å². The Labute approximate surface area is 95.6 Å². The first-order valence-electron chi connectivity index (χ1n) is 4.96. The summed E-state index contributed by atoms with van der Waals surface area (Å²) in [5, 5.41) is 0. The van der Waals surface area contributed by atoms with E-state index >= 15 is 0 Å². The van der Waals surface area contributed by atoms with Gasteiger partial charge in [-0.15, -0.1) is 0 Å². The molecule has 0 aliphatic carbocycles. The lowest BCUT2D eigenvalue weighted by Gasteiger charge is -2.02. The third-order valence-electron chi connectivity index (χ3n) is 1.92. The van der Waals surface area contributed by atoms with Gasteiger partial charge in [-0.25, -0.2) is 0 Å². The number of methoxy groups -OCH3 is 1. The summed E-state index contributed by atoms with van der Waals surface area (Å²) in [6.45, 7) is 0.551. The molecule has 0 spiro atoms. The second-order valence-corrected chi connectivity index (χ2v) is 3.64. The van der Waals surface area contributed by atoms with Crippen molar-refractivity contribution >= 4 is 12.2 Å². The van der Waals surface area contributed by atoms with Gasteiger partial charge in [0, 0.05) is 26.8 Å². The molecule has 4 heteroatoms. The molecule has 1 rings (SSSR count). The lowest BCUT2D eigenvalue weighted by Crippen LogP contribution is -2.09. The van der Waals surface area contributed by atoms with Gasteiger partial charge in [0.25, 0.3) is 5.91 Å². The first-order chi connectivity index (χ1) is 7.63. The topological polar surface area (TPSA) is 41.9 Å². The molecule has 16 heavy (non-hydrogen) atoms. The first kappa shape index (κ1) is 12.4. The SMILES string of the molecule is COCc1ccc(C(=O)N=CN(C)C)cc1. The Morgan fingerprint density at radius 1 is 1.38 bits per heavy atom. The van der Waals surface area contributed by atoms with Crippen molar-refractivity contribution in [1.29, 1.82) is 0 Å². The molecule has 0 heterocycles. The van der Waals surface area contributed by atoms with Gasteiger partial charge >= 0.3 is 0 Å². The molecule has 4 nitrogen and oxygen atoms in total. The predicted octanol–water partition coefficient (Wildman–Crippen LogP) is 1.56. The van der Waals surface area contributed by atoms with E-state index in [1.54, 1.807) is 24.1 Å². The van der Waals surface area contributed by atoms with Crippen molar-refractivity contribution in [2.75, 3.05) is 21.2 Å². The maximum atomic E-state index is 11.6. The van der Waals surface area contributed by atoms with Crippen LogP contribution in [0.2, 0.25) is 0 Å². The Morgan fingerprint density at radius 3 is 2.50 bits per heavy atom. The van der Waals surface area contributed by atoms with Crippen LogP contribution < -0.4 is 0 Å². The summed E-state index contributed by atoms with van der Waals surface area (Å²) in [6.07, 6.45) is 1.49. The minimum Gasteiger partial charge on any atom is -0.380 e. The van der Waals surface area contributed by atoms with Gasteiger partial charge in [0.1, 0.15) is 0 Å². The lowest BCUT2D eigenvalue weighted by atomic mass is 10.1. The monoisotopic (exact) mass is 220 g/mol. The zero-order valence-electron chi connectivity index (χ0n) is 9.80. The second-order valence-electron chi connectivity index (χ2n) is 3.64. The molecule has 1 amide bonds. The fourth-order valence-electron chi connectivity index (χ4n) is 1.15. The van der Waals surface area contributed by atoms with E-state index in [0.29, 0.717) is 12.2 Å². The maximum absolute atomic E-state index is 11.6. The van der Waals surface area contributed by atoms with Gasteiger partial charge in [0.15, 0.2) is 0 Å². The van der Waals surface area contributed by atoms with Gasteiger partial charge in [0.2, 0.25) is 0 Å². The van der Waals surface area contributed by atoms with Crippen LogP contribution in [0.3, 0.4) is 0 Å². The summed E-state index contributed by atoms with van der Waals surface area (Å²) in [5.74, 6) is -0.238. The molecule has 0 saturated carbocycles. The van der Waals surface area contributed by atoms with E-state index in [1.807, 2.05) is 26.2 Å². The molecule has 0 aliphatic heterocycles. The summed E-state index contributed by atoms with van der Waals surface area (Å²) in [7, 11) is 5.28. The van der Waals surface area contributed by atoms with Crippen LogP contribution in [-0.2, 0) is 11.3 Å². The largest absolute Gasteiger partial charge is 0.380 e. The standard InChI is InChI=1S/C12H16N2O2/c1-14(2)9-13-12(15)11-6-4-10(5-7-11)8-16-3/h4-7,9H,8H2,1-3H3. The highest BCUT2D eigenvalue weighted by Gasteiger charge is 2.02. The zero-order chi connectivity index (χ0) is 12.0. The number of benzene rings is 1. The fraction of sp³-hybridized carbons (Fsp3) is 0.333. The Kier molecular flexibility index (Phi) is 4.66. The molecule has 0 bridgehead atoms. The number of ether oxygens (including phenoxy) is 1. The molecule has 86 valence electrons. The van der Waals surface area contributed by atoms with E-state index < -0.39 is 0 Å². The van der Waals surface area contributed by atoms with Crippen molar-refractivity contribution in [3.05, 3.63) is 35.4 Å². The van der Waals surface area contributed by atoms with Crippen molar-refractivity contribution in [3.8, 4) is 0 Å². The van der Waals surface area contributed by atoms with Gasteiger partial charge in [-0.3, -0.25) is 4.79 Å². The smallest absolute Gasteiger partial charge is 0.278 e. The Hall–Kier alpha value is -1.68. The third-order valence-corrected chi connectivity index (χ3v) is 1.92. The van der Waals surface area contributed by atoms with E-state index in [-0.39, 0.29) is 5.91 Å². The molecular weight excluding hydrogens is 204 g/mol. The quantitative estimate of drug-likeness (QED) is 0.571.